The van der Waals surface area contributed by atoms with E-state index in [-0.39, 0.29) is 5.69 Å². The maximum absolute atomic E-state index is 10.8. The summed E-state index contributed by atoms with van der Waals surface area (Å²) in [6.45, 7) is 1.43. The minimum atomic E-state index is -0.449. The van der Waals surface area contributed by atoms with Crippen LogP contribution in [0.5, 0.6) is 0 Å². The van der Waals surface area contributed by atoms with Crippen LogP contribution in [-0.4, -0.2) is 42.0 Å². The summed E-state index contributed by atoms with van der Waals surface area (Å²) >= 11 is 3.24. The van der Waals surface area contributed by atoms with Crippen molar-refractivity contribution in [3.63, 3.8) is 0 Å². The van der Waals surface area contributed by atoms with E-state index < -0.39 is 4.92 Å². The fourth-order valence-electron chi connectivity index (χ4n) is 1.14. The molecule has 7 heteroatoms. The number of hydrogen-bond acceptors (Lipinski definition) is 5. The van der Waals surface area contributed by atoms with E-state index in [0.717, 1.165) is 6.54 Å². The molecule has 0 amide bonds. The SMILES string of the molecule is CN(C)CCNc1c(Br)cncc1[N+](=O)[O-]. The summed E-state index contributed by atoms with van der Waals surface area (Å²) in [5.41, 5.74) is 0.454. The van der Waals surface area contributed by atoms with Gasteiger partial charge in [-0.2, -0.15) is 0 Å². The fraction of sp³-hybridized carbons (Fsp3) is 0.444. The molecule has 0 saturated carbocycles. The lowest BCUT2D eigenvalue weighted by Gasteiger charge is -2.12. The highest BCUT2D eigenvalue weighted by Crippen LogP contribution is 2.30. The molecule has 6 nitrogen and oxygen atoms in total. The molecule has 1 rings (SSSR count). The quantitative estimate of drug-likeness (QED) is 0.660. The highest BCUT2D eigenvalue weighted by molar-refractivity contribution is 9.10. The molecule has 0 atom stereocenters. The number of pyridine rings is 1. The molecule has 0 aliphatic rings. The number of rotatable bonds is 5. The van der Waals surface area contributed by atoms with Gasteiger partial charge >= 0.3 is 5.69 Å². The van der Waals surface area contributed by atoms with Crippen LogP contribution in [0, 0.1) is 10.1 Å². The number of aromatic nitrogens is 1. The maximum Gasteiger partial charge on any atom is 0.311 e. The zero-order chi connectivity index (χ0) is 12.1. The molecule has 1 aromatic rings. The van der Waals surface area contributed by atoms with Gasteiger partial charge in [-0.3, -0.25) is 15.1 Å². The van der Waals surface area contributed by atoms with E-state index in [2.05, 4.69) is 26.2 Å². The van der Waals surface area contributed by atoms with Crippen molar-refractivity contribution in [1.82, 2.24) is 9.88 Å². The maximum atomic E-state index is 10.8. The molecule has 0 aliphatic carbocycles. The summed E-state index contributed by atoms with van der Waals surface area (Å²) in [7, 11) is 3.88. The van der Waals surface area contributed by atoms with Crippen LogP contribution in [0.15, 0.2) is 16.9 Å². The van der Waals surface area contributed by atoms with Crippen LogP contribution >= 0.6 is 15.9 Å². The zero-order valence-electron chi connectivity index (χ0n) is 9.11. The molecule has 0 bridgehead atoms. The normalized spacial score (nSPS) is 10.5. The number of hydrogen-bond donors (Lipinski definition) is 1. The van der Waals surface area contributed by atoms with E-state index in [4.69, 9.17) is 0 Å². The number of likely N-dealkylation sites (N-methyl/N-ethyl adjacent to an activating group) is 1. The average Bonchev–Trinajstić information content (AvgIpc) is 2.19. The number of halogens is 1. The Kier molecular flexibility index (Phi) is 4.63. The Morgan fingerprint density at radius 2 is 2.25 bits per heavy atom. The van der Waals surface area contributed by atoms with Gasteiger partial charge in [0, 0.05) is 19.3 Å². The first-order valence-corrected chi connectivity index (χ1v) is 5.48. The Balaban J connectivity index is 2.80. The van der Waals surface area contributed by atoms with E-state index in [9.17, 15) is 10.1 Å². The second-order valence-corrected chi connectivity index (χ2v) is 4.36. The first-order valence-electron chi connectivity index (χ1n) is 4.69. The summed E-state index contributed by atoms with van der Waals surface area (Å²) < 4.78 is 0.598. The van der Waals surface area contributed by atoms with Crippen molar-refractivity contribution in [2.24, 2.45) is 0 Å². The summed E-state index contributed by atoms with van der Waals surface area (Å²) in [6.07, 6.45) is 2.77. The zero-order valence-corrected chi connectivity index (χ0v) is 10.7. The Labute approximate surface area is 102 Å². The van der Waals surface area contributed by atoms with Crippen molar-refractivity contribution in [1.29, 1.82) is 0 Å². The van der Waals surface area contributed by atoms with Crippen LogP contribution in [-0.2, 0) is 0 Å². The summed E-state index contributed by atoms with van der Waals surface area (Å²) in [5.74, 6) is 0. The fourth-order valence-corrected chi connectivity index (χ4v) is 1.60. The molecule has 0 spiro atoms. The lowest BCUT2D eigenvalue weighted by molar-refractivity contribution is -0.384. The Morgan fingerprint density at radius 3 is 2.81 bits per heavy atom. The molecule has 1 heterocycles. The van der Waals surface area contributed by atoms with Crippen molar-refractivity contribution >= 4 is 27.3 Å². The topological polar surface area (TPSA) is 71.3 Å². The minimum Gasteiger partial charge on any atom is -0.377 e. The third-order valence-electron chi connectivity index (χ3n) is 1.94. The largest absolute Gasteiger partial charge is 0.377 e. The van der Waals surface area contributed by atoms with Crippen LogP contribution in [0.2, 0.25) is 0 Å². The van der Waals surface area contributed by atoms with E-state index >= 15 is 0 Å². The van der Waals surface area contributed by atoms with Crippen LogP contribution < -0.4 is 5.32 Å². The van der Waals surface area contributed by atoms with Gasteiger partial charge in [-0.1, -0.05) is 0 Å². The van der Waals surface area contributed by atoms with Crippen molar-refractivity contribution in [2.75, 3.05) is 32.5 Å². The molecular formula is C9H13BrN4O2. The highest BCUT2D eigenvalue weighted by atomic mass is 79.9. The molecule has 0 unspecified atom stereocenters. The van der Waals surface area contributed by atoms with Crippen molar-refractivity contribution < 1.29 is 4.92 Å². The van der Waals surface area contributed by atoms with Gasteiger partial charge < -0.3 is 10.2 Å². The first-order chi connectivity index (χ1) is 7.52. The molecule has 0 aliphatic heterocycles. The van der Waals surface area contributed by atoms with Crippen molar-refractivity contribution in [2.45, 2.75) is 0 Å². The summed E-state index contributed by atoms with van der Waals surface area (Å²) in [5, 5.41) is 13.8. The van der Waals surface area contributed by atoms with Gasteiger partial charge in [-0.15, -0.1) is 0 Å². The summed E-state index contributed by atoms with van der Waals surface area (Å²) in [4.78, 5) is 16.1. The van der Waals surface area contributed by atoms with Crippen molar-refractivity contribution in [3.05, 3.63) is 27.0 Å². The second kappa shape index (κ2) is 5.76. The lowest BCUT2D eigenvalue weighted by Crippen LogP contribution is -2.21. The van der Waals surface area contributed by atoms with E-state index in [1.54, 1.807) is 0 Å². The number of anilines is 1. The molecule has 1 aromatic heterocycles. The van der Waals surface area contributed by atoms with Gasteiger partial charge in [-0.05, 0) is 30.0 Å². The highest BCUT2D eigenvalue weighted by Gasteiger charge is 2.16. The van der Waals surface area contributed by atoms with E-state index in [1.807, 2.05) is 19.0 Å². The van der Waals surface area contributed by atoms with Gasteiger partial charge in [0.1, 0.15) is 11.9 Å². The lowest BCUT2D eigenvalue weighted by atomic mass is 10.3. The smallest absolute Gasteiger partial charge is 0.311 e. The second-order valence-electron chi connectivity index (χ2n) is 3.50. The Hall–Kier alpha value is -1.21. The molecule has 88 valence electrons. The number of nitrogens with zero attached hydrogens (tertiary/aromatic N) is 3. The van der Waals surface area contributed by atoms with Gasteiger partial charge in [0.25, 0.3) is 0 Å². The predicted molar refractivity (Wildman–Crippen MR) is 65.6 cm³/mol. The Bertz CT molecular complexity index is 384. The third-order valence-corrected chi connectivity index (χ3v) is 2.54. The Morgan fingerprint density at radius 1 is 1.56 bits per heavy atom. The average molecular weight is 289 g/mol. The van der Waals surface area contributed by atoms with Gasteiger partial charge in [0.15, 0.2) is 0 Å². The molecule has 16 heavy (non-hydrogen) atoms. The molecule has 0 fully saturated rings. The predicted octanol–water partition coefficient (Wildman–Crippen LogP) is 1.73. The monoisotopic (exact) mass is 288 g/mol. The van der Waals surface area contributed by atoms with E-state index in [1.165, 1.54) is 12.4 Å². The number of nitrogens with one attached hydrogen (secondary N) is 1. The molecule has 0 aromatic carbocycles. The summed E-state index contributed by atoms with van der Waals surface area (Å²) in [6, 6.07) is 0. The van der Waals surface area contributed by atoms with Crippen molar-refractivity contribution in [3.8, 4) is 0 Å². The molecule has 0 saturated heterocycles. The van der Waals surface area contributed by atoms with Gasteiger partial charge in [-0.25, -0.2) is 0 Å². The number of nitro groups is 1. The van der Waals surface area contributed by atoms with Crippen LogP contribution in [0.4, 0.5) is 11.4 Å². The standard InChI is InChI=1S/C9H13BrN4O2/c1-13(2)4-3-12-9-7(10)5-11-6-8(9)14(15)16/h5-6H,3-4H2,1-2H3,(H,11,12). The molecule has 1 N–H and O–H groups in total. The van der Waals surface area contributed by atoms with E-state index in [0.29, 0.717) is 16.7 Å². The van der Waals surface area contributed by atoms with Crippen LogP contribution in [0.25, 0.3) is 0 Å². The third kappa shape index (κ3) is 3.42. The van der Waals surface area contributed by atoms with Gasteiger partial charge in [0.05, 0.1) is 9.40 Å². The molecular weight excluding hydrogens is 276 g/mol. The minimum absolute atomic E-state index is 0.0202. The van der Waals surface area contributed by atoms with Crippen LogP contribution in [0.3, 0.4) is 0 Å². The molecule has 0 radical (unpaired) electrons. The first kappa shape index (κ1) is 12.9. The van der Waals surface area contributed by atoms with Gasteiger partial charge in [0.2, 0.25) is 0 Å². The van der Waals surface area contributed by atoms with Crippen LogP contribution in [0.1, 0.15) is 0 Å².